The molecule has 0 bridgehead atoms. The lowest BCUT2D eigenvalue weighted by Crippen LogP contribution is -2.35. The van der Waals surface area contributed by atoms with Crippen molar-refractivity contribution >= 4 is 28.9 Å². The van der Waals surface area contributed by atoms with Crippen molar-refractivity contribution < 1.29 is 17.1 Å². The number of nitrogens with zero attached hydrogens (tertiary/aromatic N) is 6. The Morgan fingerprint density at radius 2 is 2.13 bits per heavy atom. The number of fused-ring (bicyclic) bond motifs is 1. The van der Waals surface area contributed by atoms with Crippen LogP contribution in [0.2, 0.25) is 0 Å². The standard InChI is InChI=1S/C27H26N8O4.2H2/c1-4-20-14-39-27(37)35(20)26-32-16(3)31-25(34-26)30-15(2)21-10-17-9-18(12-28)23(11-22(17)33-24(21)36)38-13-19-7-5-6-8-29-19;;/h5-11,15,20H,4,13-14H2,1-3H3,(H,33,36)(H,30,31,32,34);2*1H/t15-,20-;;/m0../s1. The van der Waals surface area contributed by atoms with Gasteiger partial charge in [-0.2, -0.15) is 20.2 Å². The van der Waals surface area contributed by atoms with Crippen LogP contribution in [0.1, 0.15) is 51.8 Å². The van der Waals surface area contributed by atoms with Crippen LogP contribution < -0.4 is 20.5 Å². The van der Waals surface area contributed by atoms with Crippen molar-refractivity contribution in [3.05, 3.63) is 75.6 Å². The fourth-order valence-corrected chi connectivity index (χ4v) is 4.33. The van der Waals surface area contributed by atoms with Gasteiger partial charge in [0.15, 0.2) is 0 Å². The number of carbonyl (C=O) groups excluding carboxylic acids is 1. The second-order valence-corrected chi connectivity index (χ2v) is 9.09. The Morgan fingerprint density at radius 1 is 1.28 bits per heavy atom. The van der Waals surface area contributed by atoms with E-state index in [2.05, 4.69) is 36.3 Å². The number of ether oxygens (including phenoxy) is 2. The van der Waals surface area contributed by atoms with Crippen LogP contribution in [0.15, 0.2) is 47.4 Å². The lowest BCUT2D eigenvalue weighted by Gasteiger charge is -2.20. The van der Waals surface area contributed by atoms with Gasteiger partial charge < -0.3 is 19.8 Å². The number of hydrogen-bond donors (Lipinski definition) is 2. The molecule has 39 heavy (non-hydrogen) atoms. The van der Waals surface area contributed by atoms with Crippen LogP contribution >= 0.6 is 0 Å². The summed E-state index contributed by atoms with van der Waals surface area (Å²) in [6, 6.07) is 12.0. The van der Waals surface area contributed by atoms with E-state index in [0.717, 1.165) is 0 Å². The van der Waals surface area contributed by atoms with Crippen molar-refractivity contribution in [3.8, 4) is 11.8 Å². The summed E-state index contributed by atoms with van der Waals surface area (Å²) in [7, 11) is 0. The summed E-state index contributed by atoms with van der Waals surface area (Å²) in [4.78, 5) is 46.9. The van der Waals surface area contributed by atoms with E-state index < -0.39 is 12.1 Å². The molecule has 0 aliphatic carbocycles. The van der Waals surface area contributed by atoms with Crippen molar-refractivity contribution in [2.45, 2.75) is 45.9 Å². The van der Waals surface area contributed by atoms with Crippen molar-refractivity contribution in [2.24, 2.45) is 0 Å². The molecule has 12 heteroatoms. The van der Waals surface area contributed by atoms with Crippen molar-refractivity contribution in [3.63, 3.8) is 0 Å². The highest BCUT2D eigenvalue weighted by Crippen LogP contribution is 2.27. The summed E-state index contributed by atoms with van der Waals surface area (Å²) in [6.07, 6.45) is 1.84. The largest absolute Gasteiger partial charge is 0.486 e. The third kappa shape index (κ3) is 5.33. The number of H-pyrrole nitrogens is 1. The Balaban J connectivity index is 0.00000231. The first-order chi connectivity index (χ1) is 18.9. The Labute approximate surface area is 226 Å². The fraction of sp³-hybridized carbons (Fsp3) is 0.296. The van der Waals surface area contributed by atoms with Crippen molar-refractivity contribution in [1.29, 1.82) is 5.26 Å². The van der Waals surface area contributed by atoms with Gasteiger partial charge in [0.05, 0.1) is 28.9 Å². The number of pyridine rings is 2. The minimum Gasteiger partial charge on any atom is -0.486 e. The minimum absolute atomic E-state index is 0. The second kappa shape index (κ2) is 10.7. The van der Waals surface area contributed by atoms with Gasteiger partial charge in [-0.3, -0.25) is 9.78 Å². The molecule has 1 aliphatic rings. The van der Waals surface area contributed by atoms with Crippen LogP contribution in [-0.4, -0.2) is 43.7 Å². The molecular weight excluding hydrogens is 500 g/mol. The molecule has 12 nitrogen and oxygen atoms in total. The van der Waals surface area contributed by atoms with Gasteiger partial charge in [-0.1, -0.05) is 13.0 Å². The molecule has 0 saturated carbocycles. The van der Waals surface area contributed by atoms with Gasteiger partial charge >= 0.3 is 6.09 Å². The molecule has 3 aromatic heterocycles. The predicted octanol–water partition coefficient (Wildman–Crippen LogP) is 4.27. The number of aryl methyl sites for hydroxylation is 1. The summed E-state index contributed by atoms with van der Waals surface area (Å²) >= 11 is 0. The van der Waals surface area contributed by atoms with E-state index in [1.165, 1.54) is 4.90 Å². The van der Waals surface area contributed by atoms with Crippen molar-refractivity contribution in [1.82, 2.24) is 24.9 Å². The number of aromatic amines is 1. The zero-order valence-corrected chi connectivity index (χ0v) is 21.6. The molecule has 202 valence electrons. The molecule has 4 heterocycles. The Hall–Kier alpha value is -5.05. The van der Waals surface area contributed by atoms with E-state index in [1.54, 1.807) is 38.2 Å². The maximum absolute atomic E-state index is 13.0. The van der Waals surface area contributed by atoms with E-state index >= 15 is 0 Å². The van der Waals surface area contributed by atoms with Crippen LogP contribution in [0.5, 0.6) is 5.75 Å². The molecule has 1 aromatic carbocycles. The van der Waals surface area contributed by atoms with E-state index in [-0.39, 0.29) is 39.6 Å². The summed E-state index contributed by atoms with van der Waals surface area (Å²) in [5, 5.41) is 13.5. The summed E-state index contributed by atoms with van der Waals surface area (Å²) < 4.78 is 11.0. The van der Waals surface area contributed by atoms with Crippen LogP contribution in [-0.2, 0) is 11.3 Å². The molecular formula is C27H30N8O4. The SMILES string of the molecule is CC[C@H]1COC(=O)N1c1nc(C)nc(N[C@@H](C)c2cc3cc(C#N)c(OCc4ccccn4)cc3[nH]c2=O)n1.[HH].[HH]. The Morgan fingerprint density at radius 3 is 2.87 bits per heavy atom. The molecule has 1 amide bonds. The van der Waals surface area contributed by atoms with Crippen LogP contribution in [0, 0.1) is 18.3 Å². The fourth-order valence-electron chi connectivity index (χ4n) is 4.33. The van der Waals surface area contributed by atoms with Gasteiger partial charge in [0, 0.05) is 26.1 Å². The number of benzene rings is 1. The number of cyclic esters (lactones) is 1. The van der Waals surface area contributed by atoms with E-state index in [0.29, 0.717) is 45.7 Å². The highest BCUT2D eigenvalue weighted by Gasteiger charge is 2.35. The number of carbonyl (C=O) groups is 1. The smallest absolute Gasteiger partial charge is 0.417 e. The van der Waals surface area contributed by atoms with Gasteiger partial charge in [-0.05, 0) is 44.5 Å². The second-order valence-electron chi connectivity index (χ2n) is 9.09. The number of amides is 1. The number of anilines is 2. The molecule has 5 rings (SSSR count). The molecule has 1 aliphatic heterocycles. The van der Waals surface area contributed by atoms with E-state index in [9.17, 15) is 14.9 Å². The van der Waals surface area contributed by atoms with E-state index in [1.807, 2.05) is 25.1 Å². The lowest BCUT2D eigenvalue weighted by atomic mass is 10.1. The number of nitriles is 1. The first-order valence-electron chi connectivity index (χ1n) is 12.4. The first kappa shape index (κ1) is 25.6. The zero-order chi connectivity index (χ0) is 27.5. The lowest BCUT2D eigenvalue weighted by molar-refractivity contribution is 0.178. The zero-order valence-electron chi connectivity index (χ0n) is 21.6. The summed E-state index contributed by atoms with van der Waals surface area (Å²) in [5.41, 5.74) is 1.68. The maximum atomic E-state index is 13.0. The average molecular weight is 531 g/mol. The summed E-state index contributed by atoms with van der Waals surface area (Å²) in [5.74, 6) is 1.17. The topological polar surface area (TPSA) is 159 Å². The maximum Gasteiger partial charge on any atom is 0.417 e. The van der Waals surface area contributed by atoms with Gasteiger partial charge in [0.25, 0.3) is 5.56 Å². The third-order valence-electron chi connectivity index (χ3n) is 6.39. The molecule has 0 spiro atoms. The monoisotopic (exact) mass is 530 g/mol. The van der Waals surface area contributed by atoms with Crippen LogP contribution in [0.4, 0.5) is 16.7 Å². The number of aromatic nitrogens is 5. The Kier molecular flexibility index (Phi) is 7.05. The van der Waals surface area contributed by atoms with Gasteiger partial charge in [0.1, 0.15) is 30.9 Å². The van der Waals surface area contributed by atoms with Gasteiger partial charge in [-0.25, -0.2) is 9.69 Å². The molecule has 2 N–H and O–H groups in total. The minimum atomic E-state index is -0.508. The average Bonchev–Trinajstić information content (AvgIpc) is 3.31. The van der Waals surface area contributed by atoms with Gasteiger partial charge in [0.2, 0.25) is 11.9 Å². The number of nitrogens with one attached hydrogen (secondary N) is 2. The molecule has 4 aromatic rings. The quantitative estimate of drug-likeness (QED) is 0.337. The molecule has 2 atom stereocenters. The highest BCUT2D eigenvalue weighted by atomic mass is 16.6. The third-order valence-corrected chi connectivity index (χ3v) is 6.39. The van der Waals surface area contributed by atoms with Crippen LogP contribution in [0.3, 0.4) is 0 Å². The summed E-state index contributed by atoms with van der Waals surface area (Å²) in [6.45, 7) is 5.90. The molecule has 1 fully saturated rings. The predicted molar refractivity (Wildman–Crippen MR) is 147 cm³/mol. The molecule has 1 saturated heterocycles. The Bertz CT molecular complexity index is 1640. The van der Waals surface area contributed by atoms with E-state index in [4.69, 9.17) is 9.47 Å². The van der Waals surface area contributed by atoms with Crippen LogP contribution in [0.25, 0.3) is 10.9 Å². The molecule has 0 unspecified atom stereocenters. The normalized spacial score (nSPS) is 15.6. The van der Waals surface area contributed by atoms with Gasteiger partial charge in [-0.15, -0.1) is 0 Å². The molecule has 0 radical (unpaired) electrons. The number of hydrogen-bond acceptors (Lipinski definition) is 10. The van der Waals surface area contributed by atoms with Crippen molar-refractivity contribution in [2.75, 3.05) is 16.8 Å². The number of rotatable bonds is 8. The first-order valence-corrected chi connectivity index (χ1v) is 12.4. The highest BCUT2D eigenvalue weighted by molar-refractivity contribution is 5.88.